The smallest absolute Gasteiger partial charge is 0.0756 e. The molecule has 1 heteroatoms. The number of rotatable bonds is 10. The molecule has 3 aliphatic carbocycles. The number of hydrogen-bond donors (Lipinski definition) is 0. The van der Waals surface area contributed by atoms with Gasteiger partial charge in [0.2, 0.25) is 0 Å². The first-order chi connectivity index (χ1) is 13.8. The Labute approximate surface area is 176 Å². The zero-order chi connectivity index (χ0) is 19.6. The summed E-state index contributed by atoms with van der Waals surface area (Å²) in [5.41, 5.74) is 0. The molecule has 1 nitrogen and oxygen atoms in total. The Balaban J connectivity index is 1.29. The largest absolute Gasteiger partial charge is 0.374 e. The molecule has 0 spiro atoms. The second kappa shape index (κ2) is 12.4. The number of hydrogen-bond acceptors (Lipinski definition) is 1. The van der Waals surface area contributed by atoms with Gasteiger partial charge in [-0.2, -0.15) is 0 Å². The summed E-state index contributed by atoms with van der Waals surface area (Å²) < 4.78 is 6.35. The summed E-state index contributed by atoms with van der Waals surface area (Å²) in [6.45, 7) is 5.67. The number of unbranched alkanes of at least 4 members (excludes halogenated alkanes) is 2. The predicted molar refractivity (Wildman–Crippen MR) is 122 cm³/mol. The molecule has 2 atom stereocenters. The highest BCUT2D eigenvalue weighted by Gasteiger charge is 2.29. The lowest BCUT2D eigenvalue weighted by Crippen LogP contribution is -2.27. The maximum atomic E-state index is 6.35. The summed E-state index contributed by atoms with van der Waals surface area (Å²) in [6, 6.07) is 0. The van der Waals surface area contributed by atoms with Gasteiger partial charge in [-0.05, 0) is 68.1 Å². The minimum Gasteiger partial charge on any atom is -0.374 e. The maximum Gasteiger partial charge on any atom is 0.0756 e. The van der Waals surface area contributed by atoms with Crippen LogP contribution in [0.3, 0.4) is 0 Å². The van der Waals surface area contributed by atoms with Gasteiger partial charge in [0.05, 0.1) is 12.7 Å². The maximum absolute atomic E-state index is 6.35. The van der Waals surface area contributed by atoms with Gasteiger partial charge in [-0.15, -0.1) is 0 Å². The van der Waals surface area contributed by atoms with E-state index in [2.05, 4.69) is 26.0 Å². The fourth-order valence-corrected chi connectivity index (χ4v) is 6.29. The van der Waals surface area contributed by atoms with Crippen LogP contribution in [0.4, 0.5) is 0 Å². The van der Waals surface area contributed by atoms with Crippen molar-refractivity contribution in [2.45, 2.75) is 123 Å². The zero-order valence-electron chi connectivity index (χ0n) is 19.0. The van der Waals surface area contributed by atoms with Gasteiger partial charge in [0, 0.05) is 0 Å². The van der Waals surface area contributed by atoms with Crippen molar-refractivity contribution in [2.75, 3.05) is 6.61 Å². The molecule has 0 bridgehead atoms. The molecular weight excluding hydrogens is 340 g/mol. The molecular formula is C27H48O. The molecule has 2 fully saturated rings. The van der Waals surface area contributed by atoms with Crippen molar-refractivity contribution >= 4 is 0 Å². The van der Waals surface area contributed by atoms with E-state index in [1.54, 1.807) is 0 Å². The van der Waals surface area contributed by atoms with Crippen LogP contribution in [0.25, 0.3) is 0 Å². The molecule has 28 heavy (non-hydrogen) atoms. The van der Waals surface area contributed by atoms with E-state index in [4.69, 9.17) is 4.74 Å². The quantitative estimate of drug-likeness (QED) is 0.270. The van der Waals surface area contributed by atoms with Gasteiger partial charge >= 0.3 is 0 Å². The van der Waals surface area contributed by atoms with Gasteiger partial charge in [0.25, 0.3) is 0 Å². The molecule has 0 aromatic carbocycles. The molecule has 162 valence electrons. The van der Waals surface area contributed by atoms with Crippen molar-refractivity contribution in [2.24, 2.45) is 29.6 Å². The predicted octanol–water partition coefficient (Wildman–Crippen LogP) is 8.33. The lowest BCUT2D eigenvalue weighted by Gasteiger charge is -2.35. The number of allylic oxidation sites excluding steroid dienone is 1. The van der Waals surface area contributed by atoms with Crippen LogP contribution in [0.5, 0.6) is 0 Å². The van der Waals surface area contributed by atoms with Crippen LogP contribution in [0.2, 0.25) is 0 Å². The molecule has 3 aliphatic rings. The lowest BCUT2D eigenvalue weighted by molar-refractivity contribution is 0.0286. The minimum atomic E-state index is 0.412. The van der Waals surface area contributed by atoms with Gasteiger partial charge in [-0.1, -0.05) is 90.2 Å². The van der Waals surface area contributed by atoms with Gasteiger partial charge < -0.3 is 4.74 Å². The summed E-state index contributed by atoms with van der Waals surface area (Å²) in [5, 5.41) is 0. The summed E-state index contributed by atoms with van der Waals surface area (Å²) in [5.74, 6) is 4.70. The third kappa shape index (κ3) is 7.19. The van der Waals surface area contributed by atoms with Crippen molar-refractivity contribution in [3.63, 3.8) is 0 Å². The van der Waals surface area contributed by atoms with Crippen molar-refractivity contribution in [1.82, 2.24) is 0 Å². The topological polar surface area (TPSA) is 9.23 Å². The third-order valence-electron chi connectivity index (χ3n) is 8.28. The summed E-state index contributed by atoms with van der Waals surface area (Å²) in [4.78, 5) is 0. The van der Waals surface area contributed by atoms with Crippen LogP contribution in [0, 0.1) is 29.6 Å². The second-order valence-corrected chi connectivity index (χ2v) is 10.4. The van der Waals surface area contributed by atoms with Crippen molar-refractivity contribution in [3.8, 4) is 0 Å². The standard InChI is InChI=1S/C27H48O/c1-3-5-6-8-23-9-11-24(12-10-23)21-28-27-19-17-26(18-20-27)25-15-13-22(7-4-2)14-16-25/h17,19,22-27H,3-16,18,20-21H2,1-2H3/t22?,23?,24?,25?,26-,27-/m0/s1. The van der Waals surface area contributed by atoms with E-state index in [0.717, 1.165) is 36.2 Å². The van der Waals surface area contributed by atoms with Crippen molar-refractivity contribution in [1.29, 1.82) is 0 Å². The fourth-order valence-electron chi connectivity index (χ4n) is 6.29. The molecule has 2 saturated carbocycles. The molecule has 3 rings (SSSR count). The fraction of sp³-hybridized carbons (Fsp3) is 0.926. The first-order valence-corrected chi connectivity index (χ1v) is 13.1. The van der Waals surface area contributed by atoms with Gasteiger partial charge in [0.1, 0.15) is 0 Å². The average Bonchev–Trinajstić information content (AvgIpc) is 2.75. The monoisotopic (exact) mass is 388 g/mol. The van der Waals surface area contributed by atoms with Crippen LogP contribution >= 0.6 is 0 Å². The number of ether oxygens (including phenoxy) is 1. The van der Waals surface area contributed by atoms with Crippen LogP contribution in [0.15, 0.2) is 12.2 Å². The Morgan fingerprint density at radius 1 is 0.643 bits per heavy atom. The van der Waals surface area contributed by atoms with Gasteiger partial charge in [-0.3, -0.25) is 0 Å². The molecule has 0 unspecified atom stereocenters. The highest BCUT2D eigenvalue weighted by molar-refractivity contribution is 5.02. The normalized spacial score (nSPS) is 36.5. The second-order valence-electron chi connectivity index (χ2n) is 10.4. The van der Waals surface area contributed by atoms with Crippen LogP contribution in [-0.2, 0) is 4.74 Å². The Bertz CT molecular complexity index is 426. The van der Waals surface area contributed by atoms with Gasteiger partial charge in [-0.25, -0.2) is 0 Å². The van der Waals surface area contributed by atoms with E-state index in [9.17, 15) is 0 Å². The Morgan fingerprint density at radius 3 is 1.96 bits per heavy atom. The van der Waals surface area contributed by atoms with Crippen molar-refractivity contribution in [3.05, 3.63) is 12.2 Å². The first-order valence-electron chi connectivity index (χ1n) is 13.1. The molecule has 0 amide bonds. The van der Waals surface area contributed by atoms with Crippen molar-refractivity contribution < 1.29 is 4.74 Å². The highest BCUT2D eigenvalue weighted by Crippen LogP contribution is 2.39. The average molecular weight is 389 g/mol. The molecule has 0 radical (unpaired) electrons. The van der Waals surface area contributed by atoms with E-state index in [0.29, 0.717) is 6.10 Å². The molecule has 0 aromatic rings. The van der Waals surface area contributed by atoms with E-state index in [1.165, 1.54) is 103 Å². The highest BCUT2D eigenvalue weighted by atomic mass is 16.5. The van der Waals surface area contributed by atoms with Gasteiger partial charge in [0.15, 0.2) is 0 Å². The first kappa shape index (κ1) is 22.4. The molecule has 0 aliphatic heterocycles. The molecule has 0 aromatic heterocycles. The summed E-state index contributed by atoms with van der Waals surface area (Å²) >= 11 is 0. The summed E-state index contributed by atoms with van der Waals surface area (Å²) in [7, 11) is 0. The van der Waals surface area contributed by atoms with E-state index >= 15 is 0 Å². The van der Waals surface area contributed by atoms with Crippen LogP contribution in [0.1, 0.15) is 117 Å². The molecule has 0 heterocycles. The SMILES string of the molecule is CCCCCC1CCC(CO[C@H]2C=C[C@H](C3CCC(CCC)CC3)CC2)CC1. The zero-order valence-corrected chi connectivity index (χ0v) is 19.0. The van der Waals surface area contributed by atoms with E-state index in [1.807, 2.05) is 0 Å². The third-order valence-corrected chi connectivity index (χ3v) is 8.28. The Kier molecular flexibility index (Phi) is 9.92. The Hall–Kier alpha value is -0.300. The summed E-state index contributed by atoms with van der Waals surface area (Å²) in [6.07, 6.45) is 28.3. The Morgan fingerprint density at radius 2 is 1.32 bits per heavy atom. The molecule has 0 saturated heterocycles. The molecule has 0 N–H and O–H groups in total. The van der Waals surface area contributed by atoms with Crippen LogP contribution in [-0.4, -0.2) is 12.7 Å². The van der Waals surface area contributed by atoms with E-state index in [-0.39, 0.29) is 0 Å². The minimum absolute atomic E-state index is 0.412. The van der Waals surface area contributed by atoms with E-state index < -0.39 is 0 Å². The lowest BCUT2D eigenvalue weighted by atomic mass is 9.72. The van der Waals surface area contributed by atoms with Crippen LogP contribution < -0.4 is 0 Å².